The van der Waals surface area contributed by atoms with Crippen LogP contribution in [0.3, 0.4) is 0 Å². The van der Waals surface area contributed by atoms with Crippen LogP contribution < -0.4 is 11.1 Å². The number of nitrogen functional groups attached to an aromatic ring is 1. The Morgan fingerprint density at radius 1 is 1.18 bits per heavy atom. The molecule has 4 aromatic heterocycles. The Morgan fingerprint density at radius 2 is 2.00 bits per heavy atom. The van der Waals surface area contributed by atoms with Crippen LogP contribution in [0.15, 0.2) is 42.9 Å². The predicted octanol–water partition coefficient (Wildman–Crippen LogP) is 5.56. The topological polar surface area (TPSA) is 109 Å². The number of aryl methyl sites for hydroxylation is 2. The van der Waals surface area contributed by atoms with E-state index in [0.717, 1.165) is 52.6 Å². The van der Waals surface area contributed by atoms with Gasteiger partial charge in [0.1, 0.15) is 17.8 Å². The normalized spacial score (nSPS) is 13.6. The lowest BCUT2D eigenvalue weighted by molar-refractivity contribution is -0.137. The Balaban J connectivity index is 1.37. The third-order valence-corrected chi connectivity index (χ3v) is 7.16. The van der Waals surface area contributed by atoms with Gasteiger partial charge in [0.05, 0.1) is 17.5 Å². The first-order valence-corrected chi connectivity index (χ1v) is 12.8. The molecule has 0 fully saturated rings. The Bertz CT molecular complexity index is 1730. The highest BCUT2D eigenvalue weighted by atomic mass is 19.4. The number of halogens is 3. The Hall–Kier alpha value is -4.35. The number of hydrogen-bond donors (Lipinski definition) is 2. The van der Waals surface area contributed by atoms with Gasteiger partial charge in [0, 0.05) is 59.1 Å². The lowest BCUT2D eigenvalue weighted by Gasteiger charge is -2.13. The fourth-order valence-corrected chi connectivity index (χ4v) is 5.51. The molecule has 0 unspecified atom stereocenters. The van der Waals surface area contributed by atoms with E-state index in [1.54, 1.807) is 6.07 Å². The highest BCUT2D eigenvalue weighted by molar-refractivity contribution is 6.07. The largest absolute Gasteiger partial charge is 0.390 e. The zero-order valence-electron chi connectivity index (χ0n) is 21.5. The van der Waals surface area contributed by atoms with E-state index in [1.807, 2.05) is 12.1 Å². The highest BCUT2D eigenvalue weighted by Crippen LogP contribution is 2.43. The summed E-state index contributed by atoms with van der Waals surface area (Å²) < 4.78 is 43.2. The Morgan fingerprint density at radius 3 is 2.77 bits per heavy atom. The molecular formula is C27H27F3N8O. The number of rotatable bonds is 5. The number of nitrogens with zero attached hydrogens (tertiary/aromatic N) is 6. The van der Waals surface area contributed by atoms with E-state index in [4.69, 9.17) is 5.73 Å². The molecule has 0 atom stereocenters. The van der Waals surface area contributed by atoms with Crippen molar-refractivity contribution < 1.29 is 18.0 Å². The van der Waals surface area contributed by atoms with Crippen molar-refractivity contribution >= 4 is 39.5 Å². The van der Waals surface area contributed by atoms with E-state index in [-0.39, 0.29) is 18.4 Å². The molecule has 6 rings (SSSR count). The van der Waals surface area contributed by atoms with E-state index in [0.29, 0.717) is 11.4 Å². The lowest BCUT2D eigenvalue weighted by Crippen LogP contribution is -2.14. The first kappa shape index (κ1) is 25.0. The van der Waals surface area contributed by atoms with Crippen LogP contribution in [-0.2, 0) is 19.5 Å². The number of nitrogens with two attached hydrogens (primary N) is 1. The Kier molecular flexibility index (Phi) is 5.85. The van der Waals surface area contributed by atoms with Gasteiger partial charge in [0.15, 0.2) is 5.82 Å². The molecule has 0 radical (unpaired) electrons. The summed E-state index contributed by atoms with van der Waals surface area (Å²) in [6, 6.07) is 9.24. The molecule has 1 aliphatic heterocycles. The summed E-state index contributed by atoms with van der Waals surface area (Å²) in [6.45, 7) is 4.70. The second kappa shape index (κ2) is 9.14. The van der Waals surface area contributed by atoms with Crippen LogP contribution in [0, 0.1) is 0 Å². The number of alkyl halides is 3. The first-order chi connectivity index (χ1) is 18.6. The van der Waals surface area contributed by atoms with Crippen LogP contribution in [0.25, 0.3) is 33.2 Å². The number of benzene rings is 1. The molecule has 202 valence electrons. The van der Waals surface area contributed by atoms with Crippen LogP contribution in [0.2, 0.25) is 0 Å². The minimum atomic E-state index is -4.27. The zero-order chi connectivity index (χ0) is 27.5. The van der Waals surface area contributed by atoms with Gasteiger partial charge in [-0.3, -0.25) is 9.48 Å². The maximum atomic E-state index is 13.1. The Labute approximate surface area is 221 Å². The summed E-state index contributed by atoms with van der Waals surface area (Å²) in [5, 5.41) is 8.55. The van der Waals surface area contributed by atoms with Gasteiger partial charge in [0.2, 0.25) is 0 Å². The number of carbonyl (C=O) groups excluding carboxylic acids is 1. The van der Waals surface area contributed by atoms with Crippen molar-refractivity contribution in [3.8, 4) is 11.3 Å². The van der Waals surface area contributed by atoms with E-state index < -0.39 is 18.5 Å². The maximum absolute atomic E-state index is 13.1. The monoisotopic (exact) mass is 536 g/mol. The smallest absolute Gasteiger partial charge is 0.383 e. The number of nitrogens with one attached hydrogen (secondary N) is 1. The van der Waals surface area contributed by atoms with Crippen LogP contribution >= 0.6 is 0 Å². The first-order valence-electron chi connectivity index (χ1n) is 12.8. The van der Waals surface area contributed by atoms with Gasteiger partial charge >= 0.3 is 6.18 Å². The zero-order valence-corrected chi connectivity index (χ0v) is 21.5. The number of hydrogen-bond acceptors (Lipinski definition) is 5. The van der Waals surface area contributed by atoms with Gasteiger partial charge in [-0.15, -0.1) is 0 Å². The molecule has 0 saturated heterocycles. The molecule has 5 heterocycles. The summed E-state index contributed by atoms with van der Waals surface area (Å²) in [6.07, 6.45) is -0.611. The van der Waals surface area contributed by atoms with E-state index in [9.17, 15) is 18.0 Å². The quantitative estimate of drug-likeness (QED) is 0.306. The van der Waals surface area contributed by atoms with Crippen molar-refractivity contribution in [2.45, 2.75) is 58.4 Å². The second-order valence-electron chi connectivity index (χ2n) is 10.1. The standard InChI is InChI=1S/C27H27F3N8O/c1-15(2)38-18-4-3-9-37-19-13-17(26(39)34-21-7-10-36(35-21)11-8-27(28,29)30)6-5-16(19)12-20(37)22(18)23-24(31)32-14-33-25(23)38/h5-7,10,12-15H,3-4,8-9,11H2,1-2H3,(H2,31,32,33)(H,34,35,39). The fourth-order valence-electron chi connectivity index (χ4n) is 5.51. The van der Waals surface area contributed by atoms with Crippen molar-refractivity contribution in [3.05, 3.63) is 54.1 Å². The van der Waals surface area contributed by atoms with Crippen LogP contribution in [0.5, 0.6) is 0 Å². The van der Waals surface area contributed by atoms with Crippen LogP contribution in [-0.4, -0.2) is 41.0 Å². The minimum Gasteiger partial charge on any atom is -0.383 e. The third-order valence-electron chi connectivity index (χ3n) is 7.16. The molecule has 5 aromatic rings. The summed E-state index contributed by atoms with van der Waals surface area (Å²) in [5.74, 6) is 0.235. The van der Waals surface area contributed by atoms with Crippen molar-refractivity contribution in [3.63, 3.8) is 0 Å². The SMILES string of the molecule is CC(C)n1c2c(c3c(N)ncnc31)-c1cc3ccc(C(=O)Nc4ccn(CCC(F)(F)F)n4)cc3n1CCC2. The van der Waals surface area contributed by atoms with Gasteiger partial charge in [-0.25, -0.2) is 9.97 Å². The molecule has 0 spiro atoms. The van der Waals surface area contributed by atoms with Gasteiger partial charge in [0.25, 0.3) is 5.91 Å². The predicted molar refractivity (Wildman–Crippen MR) is 142 cm³/mol. The van der Waals surface area contributed by atoms with Gasteiger partial charge in [-0.1, -0.05) is 6.07 Å². The molecule has 3 N–H and O–H groups in total. The lowest BCUT2D eigenvalue weighted by atomic mass is 10.1. The van der Waals surface area contributed by atoms with E-state index in [2.05, 4.69) is 49.4 Å². The van der Waals surface area contributed by atoms with E-state index >= 15 is 0 Å². The second-order valence-corrected chi connectivity index (χ2v) is 10.1. The number of carbonyl (C=O) groups is 1. The summed E-state index contributed by atoms with van der Waals surface area (Å²) >= 11 is 0. The van der Waals surface area contributed by atoms with Gasteiger partial charge < -0.3 is 20.2 Å². The molecule has 1 amide bonds. The summed E-state index contributed by atoms with van der Waals surface area (Å²) in [7, 11) is 0. The summed E-state index contributed by atoms with van der Waals surface area (Å²) in [5.41, 5.74) is 11.7. The third kappa shape index (κ3) is 4.39. The molecule has 1 aliphatic rings. The maximum Gasteiger partial charge on any atom is 0.390 e. The van der Waals surface area contributed by atoms with E-state index in [1.165, 1.54) is 29.0 Å². The molecule has 39 heavy (non-hydrogen) atoms. The molecule has 9 nitrogen and oxygen atoms in total. The number of fused-ring (bicyclic) bond motifs is 7. The van der Waals surface area contributed by atoms with Crippen LogP contribution in [0.1, 0.15) is 48.8 Å². The number of anilines is 2. The summed E-state index contributed by atoms with van der Waals surface area (Å²) in [4.78, 5) is 21.9. The van der Waals surface area contributed by atoms with Crippen molar-refractivity contribution in [2.24, 2.45) is 0 Å². The fraction of sp³-hybridized carbons (Fsp3) is 0.333. The molecule has 0 aliphatic carbocycles. The number of amides is 1. The van der Waals surface area contributed by atoms with Crippen molar-refractivity contribution in [1.29, 1.82) is 0 Å². The minimum absolute atomic E-state index is 0.189. The molecule has 0 bridgehead atoms. The molecule has 1 aromatic carbocycles. The van der Waals surface area contributed by atoms with Crippen molar-refractivity contribution in [1.82, 2.24) is 28.9 Å². The van der Waals surface area contributed by atoms with Crippen LogP contribution in [0.4, 0.5) is 24.8 Å². The highest BCUT2D eigenvalue weighted by Gasteiger charge is 2.29. The average molecular weight is 537 g/mol. The molecule has 12 heteroatoms. The van der Waals surface area contributed by atoms with Gasteiger partial charge in [-0.05, 0) is 44.9 Å². The number of aromatic nitrogens is 6. The molecular weight excluding hydrogens is 509 g/mol. The van der Waals surface area contributed by atoms with Gasteiger partial charge in [-0.2, -0.15) is 18.3 Å². The molecule has 0 saturated carbocycles. The average Bonchev–Trinajstić information content (AvgIpc) is 3.53. The van der Waals surface area contributed by atoms with Crippen molar-refractivity contribution in [2.75, 3.05) is 11.1 Å².